The van der Waals surface area contributed by atoms with Crippen LogP contribution in [0.1, 0.15) is 18.7 Å². The molecule has 0 amide bonds. The van der Waals surface area contributed by atoms with Crippen molar-refractivity contribution in [3.63, 3.8) is 0 Å². The van der Waals surface area contributed by atoms with Gasteiger partial charge < -0.3 is 9.84 Å². The van der Waals surface area contributed by atoms with E-state index >= 15 is 0 Å². The lowest BCUT2D eigenvalue weighted by Gasteiger charge is -2.31. The molecule has 0 aliphatic carbocycles. The van der Waals surface area contributed by atoms with E-state index in [1.165, 1.54) is 12.8 Å². The highest BCUT2D eigenvalue weighted by molar-refractivity contribution is 7.13. The Morgan fingerprint density at radius 1 is 1.55 bits per heavy atom. The molecule has 0 spiro atoms. The van der Waals surface area contributed by atoms with E-state index in [9.17, 15) is 0 Å². The first-order valence-electron chi connectivity index (χ1n) is 6.61. The van der Waals surface area contributed by atoms with Gasteiger partial charge in [-0.05, 0) is 37.9 Å². The molecule has 2 aromatic heterocycles. The summed E-state index contributed by atoms with van der Waals surface area (Å²) in [6.07, 6.45) is 2.47. The minimum absolute atomic E-state index is 0. The number of halogens is 1. The SMILES string of the molecule is CNC1CCCN(Cc2nc(-c3cccs3)no2)C1.Cl. The van der Waals surface area contributed by atoms with E-state index in [4.69, 9.17) is 4.52 Å². The smallest absolute Gasteiger partial charge is 0.241 e. The van der Waals surface area contributed by atoms with E-state index in [0.717, 1.165) is 24.5 Å². The van der Waals surface area contributed by atoms with Crippen LogP contribution in [0.25, 0.3) is 10.7 Å². The van der Waals surface area contributed by atoms with Crippen molar-refractivity contribution in [2.45, 2.75) is 25.4 Å². The van der Waals surface area contributed by atoms with Crippen LogP contribution in [0.4, 0.5) is 0 Å². The first kappa shape index (κ1) is 15.4. The predicted octanol–water partition coefficient (Wildman–Crippen LogP) is 2.40. The Kier molecular flexibility index (Phi) is 5.54. The minimum Gasteiger partial charge on any atom is -0.338 e. The van der Waals surface area contributed by atoms with Crippen LogP contribution in [0.3, 0.4) is 0 Å². The Balaban J connectivity index is 0.00000147. The lowest BCUT2D eigenvalue weighted by atomic mass is 10.1. The maximum Gasteiger partial charge on any atom is 0.241 e. The van der Waals surface area contributed by atoms with Crippen molar-refractivity contribution in [1.82, 2.24) is 20.4 Å². The monoisotopic (exact) mass is 314 g/mol. The zero-order valence-corrected chi connectivity index (χ0v) is 13.0. The van der Waals surface area contributed by atoms with Gasteiger partial charge in [0.25, 0.3) is 0 Å². The number of likely N-dealkylation sites (N-methyl/N-ethyl adjacent to an activating group) is 1. The Hall–Kier alpha value is -0.950. The van der Waals surface area contributed by atoms with Crippen molar-refractivity contribution in [2.24, 2.45) is 0 Å². The number of hydrogen-bond donors (Lipinski definition) is 1. The van der Waals surface area contributed by atoms with E-state index in [-0.39, 0.29) is 12.4 Å². The Morgan fingerprint density at radius 2 is 2.45 bits per heavy atom. The van der Waals surface area contributed by atoms with Crippen LogP contribution in [0.5, 0.6) is 0 Å². The molecular formula is C13H19ClN4OS. The summed E-state index contributed by atoms with van der Waals surface area (Å²) < 4.78 is 5.34. The fourth-order valence-corrected chi connectivity index (χ4v) is 3.10. The lowest BCUT2D eigenvalue weighted by Crippen LogP contribution is -2.43. The van der Waals surface area contributed by atoms with Crippen molar-refractivity contribution in [3.8, 4) is 10.7 Å². The molecule has 1 N–H and O–H groups in total. The highest BCUT2D eigenvalue weighted by Crippen LogP contribution is 2.22. The van der Waals surface area contributed by atoms with E-state index in [1.54, 1.807) is 11.3 Å². The second-order valence-corrected chi connectivity index (χ2v) is 5.80. The van der Waals surface area contributed by atoms with Gasteiger partial charge in [-0.1, -0.05) is 11.2 Å². The van der Waals surface area contributed by atoms with Gasteiger partial charge in [0.05, 0.1) is 11.4 Å². The van der Waals surface area contributed by atoms with Crippen LogP contribution in [0, 0.1) is 0 Å². The molecule has 0 aromatic carbocycles. The largest absolute Gasteiger partial charge is 0.338 e. The number of hydrogen-bond acceptors (Lipinski definition) is 6. The first-order chi connectivity index (χ1) is 9.35. The topological polar surface area (TPSA) is 54.2 Å². The van der Waals surface area contributed by atoms with Crippen molar-refractivity contribution in [3.05, 3.63) is 23.4 Å². The third-order valence-electron chi connectivity index (χ3n) is 3.48. The Bertz CT molecular complexity index is 516. The molecule has 5 nitrogen and oxygen atoms in total. The van der Waals surface area contributed by atoms with Gasteiger partial charge in [0.15, 0.2) is 0 Å². The van der Waals surface area contributed by atoms with Crippen molar-refractivity contribution < 1.29 is 4.52 Å². The zero-order chi connectivity index (χ0) is 13.1. The molecule has 1 unspecified atom stereocenters. The van der Waals surface area contributed by atoms with E-state index in [1.807, 2.05) is 24.6 Å². The summed E-state index contributed by atoms with van der Waals surface area (Å²) >= 11 is 1.63. The number of likely N-dealkylation sites (tertiary alicyclic amines) is 1. The van der Waals surface area contributed by atoms with E-state index in [2.05, 4.69) is 20.4 Å². The minimum atomic E-state index is 0. The molecule has 110 valence electrons. The van der Waals surface area contributed by atoms with E-state index in [0.29, 0.717) is 17.8 Å². The Labute approximate surface area is 128 Å². The van der Waals surface area contributed by atoms with Crippen LogP contribution in [-0.4, -0.2) is 41.2 Å². The lowest BCUT2D eigenvalue weighted by molar-refractivity contribution is 0.167. The molecule has 1 aliphatic rings. The highest BCUT2D eigenvalue weighted by atomic mass is 35.5. The molecule has 1 aliphatic heterocycles. The maximum atomic E-state index is 5.34. The number of rotatable bonds is 4. The Morgan fingerprint density at radius 3 is 3.20 bits per heavy atom. The normalized spacial score (nSPS) is 19.8. The molecular weight excluding hydrogens is 296 g/mol. The van der Waals surface area contributed by atoms with Crippen LogP contribution >= 0.6 is 23.7 Å². The number of nitrogens with one attached hydrogen (secondary N) is 1. The summed E-state index contributed by atoms with van der Waals surface area (Å²) in [6, 6.07) is 4.59. The van der Waals surface area contributed by atoms with E-state index < -0.39 is 0 Å². The summed E-state index contributed by atoms with van der Waals surface area (Å²) in [7, 11) is 2.02. The van der Waals surface area contributed by atoms with Gasteiger partial charge in [0.1, 0.15) is 0 Å². The molecule has 3 rings (SSSR count). The molecule has 0 saturated carbocycles. The highest BCUT2D eigenvalue weighted by Gasteiger charge is 2.20. The summed E-state index contributed by atoms with van der Waals surface area (Å²) in [5.41, 5.74) is 0. The standard InChI is InChI=1S/C13H18N4OS.ClH/c1-14-10-4-2-6-17(8-10)9-12-15-13(16-18-12)11-5-3-7-19-11;/h3,5,7,10,14H,2,4,6,8-9H2,1H3;1H. The second kappa shape index (κ2) is 7.17. The average Bonchev–Trinajstić information content (AvgIpc) is 3.09. The van der Waals surface area contributed by atoms with Gasteiger partial charge >= 0.3 is 0 Å². The fraction of sp³-hybridized carbons (Fsp3) is 0.538. The molecule has 0 bridgehead atoms. The second-order valence-electron chi connectivity index (χ2n) is 4.85. The van der Waals surface area contributed by atoms with Crippen molar-refractivity contribution in [2.75, 3.05) is 20.1 Å². The molecule has 7 heteroatoms. The summed E-state index contributed by atoms with van der Waals surface area (Å²) in [5, 5.41) is 9.41. The van der Waals surface area contributed by atoms with Gasteiger partial charge in [-0.3, -0.25) is 4.90 Å². The van der Waals surface area contributed by atoms with Crippen molar-refractivity contribution in [1.29, 1.82) is 0 Å². The molecule has 1 atom stereocenters. The zero-order valence-electron chi connectivity index (χ0n) is 11.4. The summed E-state index contributed by atoms with van der Waals surface area (Å²) in [5.74, 6) is 1.41. The quantitative estimate of drug-likeness (QED) is 0.939. The van der Waals surface area contributed by atoms with Gasteiger partial charge in [-0.15, -0.1) is 23.7 Å². The van der Waals surface area contributed by atoms with Gasteiger partial charge in [-0.2, -0.15) is 4.98 Å². The molecule has 0 radical (unpaired) electrons. The third kappa shape index (κ3) is 3.58. The van der Waals surface area contributed by atoms with Crippen LogP contribution in [0.15, 0.2) is 22.0 Å². The first-order valence-corrected chi connectivity index (χ1v) is 7.49. The maximum absolute atomic E-state index is 5.34. The van der Waals surface area contributed by atoms with Gasteiger partial charge in [0, 0.05) is 12.6 Å². The number of aromatic nitrogens is 2. The molecule has 1 saturated heterocycles. The van der Waals surface area contributed by atoms with Crippen LogP contribution in [-0.2, 0) is 6.54 Å². The summed E-state index contributed by atoms with van der Waals surface area (Å²) in [6.45, 7) is 2.90. The fourth-order valence-electron chi connectivity index (χ4n) is 2.45. The predicted molar refractivity (Wildman–Crippen MR) is 82.2 cm³/mol. The van der Waals surface area contributed by atoms with Crippen LogP contribution in [0.2, 0.25) is 0 Å². The third-order valence-corrected chi connectivity index (χ3v) is 4.35. The summed E-state index contributed by atoms with van der Waals surface area (Å²) in [4.78, 5) is 7.90. The number of piperidine rings is 1. The average molecular weight is 315 g/mol. The van der Waals surface area contributed by atoms with Crippen LogP contribution < -0.4 is 5.32 Å². The number of nitrogens with zero attached hydrogens (tertiary/aromatic N) is 3. The molecule has 20 heavy (non-hydrogen) atoms. The van der Waals surface area contributed by atoms with Gasteiger partial charge in [0.2, 0.25) is 11.7 Å². The molecule has 1 fully saturated rings. The number of thiophene rings is 1. The van der Waals surface area contributed by atoms with Gasteiger partial charge in [-0.25, -0.2) is 0 Å². The van der Waals surface area contributed by atoms with Crippen molar-refractivity contribution >= 4 is 23.7 Å². The molecule has 2 aromatic rings. The molecule has 3 heterocycles.